The minimum atomic E-state index is 0.473. The third-order valence-electron chi connectivity index (χ3n) is 2.98. The molecule has 70 valence electrons. The van der Waals surface area contributed by atoms with Gasteiger partial charge in [-0.2, -0.15) is 0 Å². The number of hydrogen-bond donors (Lipinski definition) is 1. The van der Waals surface area contributed by atoms with E-state index < -0.39 is 0 Å². The smallest absolute Gasteiger partial charge is 0.0610 e. The summed E-state index contributed by atoms with van der Waals surface area (Å²) < 4.78 is 0. The molecule has 2 aliphatic rings. The molecule has 1 aromatic rings. The summed E-state index contributed by atoms with van der Waals surface area (Å²) in [6, 6.07) is 8.35. The SMILES string of the molecule is NN1C2=CC=CCC2c2ccccc21. The van der Waals surface area contributed by atoms with E-state index in [0.29, 0.717) is 5.92 Å². The molecular formula is C12H12N2. The number of benzene rings is 1. The van der Waals surface area contributed by atoms with E-state index in [1.54, 1.807) is 0 Å². The zero-order valence-corrected chi connectivity index (χ0v) is 7.85. The van der Waals surface area contributed by atoms with Crippen LogP contribution in [0.5, 0.6) is 0 Å². The van der Waals surface area contributed by atoms with Gasteiger partial charge in [-0.15, -0.1) is 0 Å². The number of nitrogens with two attached hydrogens (primary N) is 1. The Kier molecular flexibility index (Phi) is 1.52. The van der Waals surface area contributed by atoms with E-state index in [1.165, 1.54) is 11.3 Å². The van der Waals surface area contributed by atoms with Crippen molar-refractivity contribution in [1.82, 2.24) is 0 Å². The quantitative estimate of drug-likeness (QED) is 0.627. The van der Waals surface area contributed by atoms with Crippen LogP contribution in [-0.2, 0) is 0 Å². The van der Waals surface area contributed by atoms with Gasteiger partial charge in [-0.1, -0.05) is 30.4 Å². The molecule has 3 rings (SSSR count). The van der Waals surface area contributed by atoms with Gasteiger partial charge in [-0.3, -0.25) is 5.01 Å². The highest BCUT2D eigenvalue weighted by Crippen LogP contribution is 2.44. The second-order valence-corrected chi connectivity index (χ2v) is 3.74. The first-order chi connectivity index (χ1) is 6.88. The average Bonchev–Trinajstić information content (AvgIpc) is 2.55. The van der Waals surface area contributed by atoms with Crippen molar-refractivity contribution in [3.05, 3.63) is 53.8 Å². The summed E-state index contributed by atoms with van der Waals surface area (Å²) >= 11 is 0. The van der Waals surface area contributed by atoms with Crippen molar-refractivity contribution in [2.24, 2.45) is 5.84 Å². The first-order valence-electron chi connectivity index (χ1n) is 4.88. The molecule has 2 nitrogen and oxygen atoms in total. The summed E-state index contributed by atoms with van der Waals surface area (Å²) in [6.45, 7) is 0. The molecule has 0 saturated carbocycles. The molecule has 1 atom stereocenters. The van der Waals surface area contributed by atoms with Crippen molar-refractivity contribution >= 4 is 5.69 Å². The summed E-state index contributed by atoms with van der Waals surface area (Å²) in [5.74, 6) is 6.51. The Morgan fingerprint density at radius 3 is 3.07 bits per heavy atom. The summed E-state index contributed by atoms with van der Waals surface area (Å²) in [7, 11) is 0. The molecule has 1 unspecified atom stereocenters. The fourth-order valence-electron chi connectivity index (χ4n) is 2.29. The highest BCUT2D eigenvalue weighted by Gasteiger charge is 2.31. The zero-order valence-electron chi connectivity index (χ0n) is 7.85. The molecule has 1 aliphatic heterocycles. The third kappa shape index (κ3) is 0.888. The fraction of sp³-hybridized carbons (Fsp3) is 0.167. The van der Waals surface area contributed by atoms with E-state index in [1.807, 2.05) is 11.1 Å². The Morgan fingerprint density at radius 1 is 1.29 bits per heavy atom. The molecule has 0 saturated heterocycles. The molecule has 0 radical (unpaired) electrons. The maximum atomic E-state index is 6.03. The molecule has 0 aromatic heterocycles. The van der Waals surface area contributed by atoms with Gasteiger partial charge < -0.3 is 0 Å². The van der Waals surface area contributed by atoms with Gasteiger partial charge in [0.1, 0.15) is 0 Å². The summed E-state index contributed by atoms with van der Waals surface area (Å²) in [6.07, 6.45) is 7.45. The molecule has 1 aromatic carbocycles. The Morgan fingerprint density at radius 2 is 2.14 bits per heavy atom. The monoisotopic (exact) mass is 184 g/mol. The van der Waals surface area contributed by atoms with Gasteiger partial charge in [0.2, 0.25) is 0 Å². The van der Waals surface area contributed by atoms with Gasteiger partial charge in [0.15, 0.2) is 0 Å². The van der Waals surface area contributed by atoms with Gasteiger partial charge in [0, 0.05) is 11.6 Å². The van der Waals surface area contributed by atoms with Crippen LogP contribution < -0.4 is 10.9 Å². The van der Waals surface area contributed by atoms with Crippen molar-refractivity contribution in [2.45, 2.75) is 12.3 Å². The van der Waals surface area contributed by atoms with Gasteiger partial charge in [-0.05, 0) is 24.1 Å². The predicted molar refractivity (Wildman–Crippen MR) is 57.7 cm³/mol. The first-order valence-corrected chi connectivity index (χ1v) is 4.88. The molecule has 1 aliphatic carbocycles. The average molecular weight is 184 g/mol. The lowest BCUT2D eigenvalue weighted by atomic mass is 9.92. The Labute approximate surface area is 83.3 Å². The maximum absolute atomic E-state index is 6.03. The molecule has 2 N–H and O–H groups in total. The number of fused-ring (bicyclic) bond motifs is 3. The zero-order chi connectivity index (χ0) is 9.54. The van der Waals surface area contributed by atoms with Crippen LogP contribution >= 0.6 is 0 Å². The van der Waals surface area contributed by atoms with E-state index in [4.69, 9.17) is 5.84 Å². The normalized spacial score (nSPS) is 23.1. The van der Waals surface area contributed by atoms with E-state index >= 15 is 0 Å². The first kappa shape index (κ1) is 7.83. The summed E-state index contributed by atoms with van der Waals surface area (Å²) in [5, 5.41) is 1.81. The van der Waals surface area contributed by atoms with Crippen LogP contribution in [0.3, 0.4) is 0 Å². The fourth-order valence-corrected chi connectivity index (χ4v) is 2.29. The summed E-state index contributed by atoms with van der Waals surface area (Å²) in [5.41, 5.74) is 3.71. The van der Waals surface area contributed by atoms with Crippen LogP contribution in [-0.4, -0.2) is 0 Å². The number of nitrogens with zero attached hydrogens (tertiary/aromatic N) is 1. The van der Waals surface area contributed by atoms with Crippen LogP contribution in [0, 0.1) is 0 Å². The van der Waals surface area contributed by atoms with Gasteiger partial charge in [0.25, 0.3) is 0 Å². The number of anilines is 1. The van der Waals surface area contributed by atoms with Crippen molar-refractivity contribution in [1.29, 1.82) is 0 Å². The van der Waals surface area contributed by atoms with Crippen molar-refractivity contribution in [3.63, 3.8) is 0 Å². The Bertz CT molecular complexity index is 432. The standard InChI is InChI=1S/C12H12N2/c13-14-11-7-3-1-5-9(11)10-6-2-4-8-12(10)14/h1-5,7-8,10H,6,13H2. The maximum Gasteiger partial charge on any atom is 0.0610 e. The summed E-state index contributed by atoms with van der Waals surface area (Å²) in [4.78, 5) is 0. The van der Waals surface area contributed by atoms with E-state index in [9.17, 15) is 0 Å². The van der Waals surface area contributed by atoms with Gasteiger partial charge >= 0.3 is 0 Å². The van der Waals surface area contributed by atoms with Crippen molar-refractivity contribution < 1.29 is 0 Å². The molecule has 0 fully saturated rings. The molecule has 0 bridgehead atoms. The third-order valence-corrected chi connectivity index (χ3v) is 2.98. The van der Waals surface area contributed by atoms with E-state index in [0.717, 1.165) is 12.1 Å². The lowest BCUT2D eigenvalue weighted by Gasteiger charge is -2.18. The number of para-hydroxylation sites is 1. The second kappa shape index (κ2) is 2.72. The predicted octanol–water partition coefficient (Wildman–Crippen LogP) is 2.31. The number of allylic oxidation sites excluding steroid dienone is 4. The van der Waals surface area contributed by atoms with E-state index in [2.05, 4.69) is 36.4 Å². The molecule has 0 spiro atoms. The largest absolute Gasteiger partial charge is 0.283 e. The number of hydrazine groups is 1. The highest BCUT2D eigenvalue weighted by molar-refractivity contribution is 5.67. The minimum Gasteiger partial charge on any atom is -0.283 e. The lowest BCUT2D eigenvalue weighted by Crippen LogP contribution is -2.27. The van der Waals surface area contributed by atoms with E-state index in [-0.39, 0.29) is 0 Å². The van der Waals surface area contributed by atoms with Crippen LogP contribution in [0.2, 0.25) is 0 Å². The van der Waals surface area contributed by atoms with Crippen LogP contribution in [0.25, 0.3) is 0 Å². The Balaban J connectivity index is 2.19. The van der Waals surface area contributed by atoms with Gasteiger partial charge in [0.05, 0.1) is 5.69 Å². The highest BCUT2D eigenvalue weighted by atomic mass is 15.4. The van der Waals surface area contributed by atoms with Crippen LogP contribution in [0.1, 0.15) is 17.9 Å². The molecule has 0 amide bonds. The lowest BCUT2D eigenvalue weighted by molar-refractivity contribution is 0.799. The van der Waals surface area contributed by atoms with Crippen molar-refractivity contribution in [2.75, 3.05) is 5.01 Å². The minimum absolute atomic E-state index is 0.473. The van der Waals surface area contributed by atoms with Gasteiger partial charge in [-0.25, -0.2) is 5.84 Å². The topological polar surface area (TPSA) is 29.3 Å². The van der Waals surface area contributed by atoms with Crippen LogP contribution in [0.15, 0.2) is 48.2 Å². The Hall–Kier alpha value is -1.54. The molecule has 14 heavy (non-hydrogen) atoms. The molecule has 1 heterocycles. The van der Waals surface area contributed by atoms with Crippen molar-refractivity contribution in [3.8, 4) is 0 Å². The molecule has 2 heteroatoms. The molecular weight excluding hydrogens is 172 g/mol. The second-order valence-electron chi connectivity index (χ2n) is 3.74. The number of hydrogen-bond acceptors (Lipinski definition) is 2. The number of rotatable bonds is 0. The van der Waals surface area contributed by atoms with Crippen LogP contribution in [0.4, 0.5) is 5.69 Å².